The van der Waals surface area contributed by atoms with Crippen LogP contribution in [-0.4, -0.2) is 80.0 Å². The first-order chi connectivity index (χ1) is 16.3. The number of amides is 3. The molecule has 10 heteroatoms. The van der Waals surface area contributed by atoms with Crippen LogP contribution in [-0.2, 0) is 9.53 Å². The quantitative estimate of drug-likeness (QED) is 0.513. The number of carbonyl (C=O) groups excluding carboxylic acids is 3. The van der Waals surface area contributed by atoms with Crippen LogP contribution in [0.4, 0.5) is 17.2 Å². The van der Waals surface area contributed by atoms with E-state index in [1.807, 2.05) is 4.90 Å². The number of rotatable bonds is 9. The highest BCUT2D eigenvalue weighted by atomic mass is 16.5. The number of benzene rings is 1. The molecule has 34 heavy (non-hydrogen) atoms. The first-order valence-electron chi connectivity index (χ1n) is 11.2. The van der Waals surface area contributed by atoms with E-state index < -0.39 is 5.91 Å². The van der Waals surface area contributed by atoms with Gasteiger partial charge in [-0.3, -0.25) is 14.4 Å². The molecule has 1 fully saturated rings. The van der Waals surface area contributed by atoms with Crippen LogP contribution in [0.2, 0.25) is 0 Å². The third-order valence-corrected chi connectivity index (χ3v) is 5.70. The second-order valence-electron chi connectivity index (χ2n) is 8.54. The molecule has 1 aromatic heterocycles. The molecule has 1 aromatic carbocycles. The molecule has 0 bridgehead atoms. The van der Waals surface area contributed by atoms with Crippen molar-refractivity contribution in [1.29, 1.82) is 0 Å². The molecule has 1 unspecified atom stereocenters. The summed E-state index contributed by atoms with van der Waals surface area (Å²) >= 11 is 0. The molecule has 1 atom stereocenters. The Hall–Kier alpha value is -3.66. The maximum Gasteiger partial charge on any atom is 0.253 e. The number of piperidine rings is 1. The predicted octanol–water partition coefficient (Wildman–Crippen LogP) is 1.92. The number of ether oxygens (including phenoxy) is 1. The van der Waals surface area contributed by atoms with Crippen molar-refractivity contribution in [2.45, 2.75) is 12.8 Å². The average molecular weight is 469 g/mol. The van der Waals surface area contributed by atoms with E-state index in [0.29, 0.717) is 35.7 Å². The Balaban J connectivity index is 1.68. The molecule has 1 aliphatic heterocycles. The van der Waals surface area contributed by atoms with Crippen LogP contribution < -0.4 is 16.4 Å². The molecule has 3 rings (SSSR count). The fourth-order valence-corrected chi connectivity index (χ4v) is 3.90. The van der Waals surface area contributed by atoms with Gasteiger partial charge in [0.2, 0.25) is 5.91 Å². The summed E-state index contributed by atoms with van der Waals surface area (Å²) in [5.41, 5.74) is 7.75. The van der Waals surface area contributed by atoms with Gasteiger partial charge in [0.15, 0.2) is 0 Å². The van der Waals surface area contributed by atoms with E-state index in [9.17, 15) is 14.4 Å². The second-order valence-corrected chi connectivity index (χ2v) is 8.54. The van der Waals surface area contributed by atoms with Gasteiger partial charge >= 0.3 is 0 Å². The normalized spacial score (nSPS) is 15.5. The van der Waals surface area contributed by atoms with Gasteiger partial charge in [0.05, 0.1) is 11.3 Å². The number of nitrogens with zero attached hydrogens (tertiary/aromatic N) is 3. The number of aromatic nitrogens is 1. The number of anilines is 3. The zero-order chi connectivity index (χ0) is 24.7. The maximum atomic E-state index is 12.2. The van der Waals surface area contributed by atoms with Gasteiger partial charge in [-0.25, -0.2) is 4.98 Å². The largest absolute Gasteiger partial charge is 0.384 e. The van der Waals surface area contributed by atoms with Crippen LogP contribution in [0.5, 0.6) is 0 Å². The van der Waals surface area contributed by atoms with E-state index in [1.165, 1.54) is 18.2 Å². The van der Waals surface area contributed by atoms with Gasteiger partial charge in [0, 0.05) is 64.4 Å². The molecule has 1 aliphatic rings. The van der Waals surface area contributed by atoms with Gasteiger partial charge in [-0.05, 0) is 43.0 Å². The van der Waals surface area contributed by atoms with E-state index in [-0.39, 0.29) is 24.3 Å². The summed E-state index contributed by atoms with van der Waals surface area (Å²) in [7, 11) is 4.92. The lowest BCUT2D eigenvalue weighted by Crippen LogP contribution is -2.43. The number of pyridine rings is 1. The molecule has 10 nitrogen and oxygen atoms in total. The Labute approximate surface area is 199 Å². The van der Waals surface area contributed by atoms with Crippen molar-refractivity contribution in [2.24, 2.45) is 11.7 Å². The summed E-state index contributed by atoms with van der Waals surface area (Å²) in [6.07, 6.45) is 3.33. The van der Waals surface area contributed by atoms with Crippen molar-refractivity contribution in [3.05, 3.63) is 47.7 Å². The molecule has 0 aliphatic carbocycles. The number of likely N-dealkylation sites (tertiary alicyclic amines) is 1. The monoisotopic (exact) mass is 468 g/mol. The Morgan fingerprint density at radius 1 is 1.24 bits per heavy atom. The van der Waals surface area contributed by atoms with Gasteiger partial charge in [0.25, 0.3) is 11.8 Å². The van der Waals surface area contributed by atoms with Crippen LogP contribution in [0.15, 0.2) is 36.5 Å². The third-order valence-electron chi connectivity index (χ3n) is 5.70. The van der Waals surface area contributed by atoms with E-state index in [4.69, 9.17) is 10.5 Å². The second kappa shape index (κ2) is 11.5. The molecule has 0 saturated carbocycles. The number of primary amides is 1. The molecule has 0 spiro atoms. The summed E-state index contributed by atoms with van der Waals surface area (Å²) in [5, 5.41) is 6.50. The van der Waals surface area contributed by atoms with Crippen LogP contribution in [0, 0.1) is 5.92 Å². The molecule has 0 radical (unpaired) electrons. The maximum absolute atomic E-state index is 12.2. The highest BCUT2D eigenvalue weighted by Gasteiger charge is 2.24. The smallest absolute Gasteiger partial charge is 0.253 e. The first-order valence-corrected chi connectivity index (χ1v) is 11.2. The molecule has 2 aromatic rings. The topological polar surface area (TPSA) is 130 Å². The number of hydrogen-bond acceptors (Lipinski definition) is 7. The van der Waals surface area contributed by atoms with E-state index in [0.717, 1.165) is 25.1 Å². The van der Waals surface area contributed by atoms with Crippen LogP contribution in [0.1, 0.15) is 33.6 Å². The Bertz CT molecular complexity index is 1020. The molecule has 1 saturated heterocycles. The SMILES string of the molecule is COCC(=O)N1CCCC(CNc2cc(Nc3ccc(C(=O)N(C)C)cc3)ncc2C(N)=O)C1. The van der Waals surface area contributed by atoms with Gasteiger partial charge in [-0.15, -0.1) is 0 Å². The van der Waals surface area contributed by atoms with Crippen LogP contribution in [0.25, 0.3) is 0 Å². The van der Waals surface area contributed by atoms with Gasteiger partial charge in [-0.2, -0.15) is 0 Å². The molecule has 4 N–H and O–H groups in total. The van der Waals surface area contributed by atoms with Crippen molar-refractivity contribution < 1.29 is 19.1 Å². The Morgan fingerprint density at radius 2 is 1.97 bits per heavy atom. The standard InChI is InChI=1S/C24H32N6O4/c1-29(2)24(33)17-6-8-18(9-7-17)28-21-11-20(19(13-27-21)23(25)32)26-12-16-5-4-10-30(14-16)22(31)15-34-3/h6-9,11,13,16H,4-5,10,12,14-15H2,1-3H3,(H2,25,32)(H2,26,27,28). The third kappa shape index (κ3) is 6.44. The highest BCUT2D eigenvalue weighted by molar-refractivity contribution is 5.98. The summed E-state index contributed by atoms with van der Waals surface area (Å²) in [5.74, 6) is 0.0981. The van der Waals surface area contributed by atoms with Crippen molar-refractivity contribution in [2.75, 3.05) is 58.1 Å². The van der Waals surface area contributed by atoms with Crippen molar-refractivity contribution >= 4 is 34.9 Å². The number of methoxy groups -OCH3 is 1. The number of nitrogens with one attached hydrogen (secondary N) is 2. The number of nitrogens with two attached hydrogens (primary N) is 1. The Kier molecular flexibility index (Phi) is 8.42. The zero-order valence-electron chi connectivity index (χ0n) is 19.8. The molecule has 3 amide bonds. The van der Waals surface area contributed by atoms with Gasteiger partial charge in [-0.1, -0.05) is 0 Å². The fourth-order valence-electron chi connectivity index (χ4n) is 3.90. The van der Waals surface area contributed by atoms with E-state index in [2.05, 4.69) is 15.6 Å². The molecule has 182 valence electrons. The number of carbonyl (C=O) groups is 3. The zero-order valence-corrected chi connectivity index (χ0v) is 19.8. The number of hydrogen-bond donors (Lipinski definition) is 3. The van der Waals surface area contributed by atoms with Crippen LogP contribution in [0.3, 0.4) is 0 Å². The minimum atomic E-state index is -0.575. The van der Waals surface area contributed by atoms with Crippen LogP contribution >= 0.6 is 0 Å². The summed E-state index contributed by atoms with van der Waals surface area (Å²) in [4.78, 5) is 43.8. The van der Waals surface area contributed by atoms with Gasteiger partial charge < -0.3 is 30.9 Å². The highest BCUT2D eigenvalue weighted by Crippen LogP contribution is 2.24. The van der Waals surface area contributed by atoms with Gasteiger partial charge in [0.1, 0.15) is 12.4 Å². The molecular weight excluding hydrogens is 436 g/mol. The lowest BCUT2D eigenvalue weighted by atomic mass is 9.97. The van der Waals surface area contributed by atoms with E-state index >= 15 is 0 Å². The predicted molar refractivity (Wildman–Crippen MR) is 130 cm³/mol. The average Bonchev–Trinajstić information content (AvgIpc) is 2.83. The lowest BCUT2D eigenvalue weighted by molar-refractivity contribution is -0.136. The first kappa shape index (κ1) is 25.0. The van der Waals surface area contributed by atoms with Crippen molar-refractivity contribution in [3.8, 4) is 0 Å². The summed E-state index contributed by atoms with van der Waals surface area (Å²) < 4.78 is 4.96. The molecule has 2 heterocycles. The minimum Gasteiger partial charge on any atom is -0.384 e. The minimum absolute atomic E-state index is 0.0151. The van der Waals surface area contributed by atoms with E-state index in [1.54, 1.807) is 44.4 Å². The summed E-state index contributed by atoms with van der Waals surface area (Å²) in [6.45, 7) is 2.03. The fraction of sp³-hybridized carbons (Fsp3) is 0.417. The summed E-state index contributed by atoms with van der Waals surface area (Å²) in [6, 6.07) is 8.79. The van der Waals surface area contributed by atoms with Crippen molar-refractivity contribution in [3.63, 3.8) is 0 Å². The van der Waals surface area contributed by atoms with Crippen molar-refractivity contribution in [1.82, 2.24) is 14.8 Å². The lowest BCUT2D eigenvalue weighted by Gasteiger charge is -2.33. The molecular formula is C24H32N6O4. The Morgan fingerprint density at radius 3 is 2.62 bits per heavy atom.